The molecule has 0 radical (unpaired) electrons. The number of nitrogens with zero attached hydrogens (tertiary/aromatic N) is 1. The van der Waals surface area contributed by atoms with Crippen LogP contribution in [0, 0.1) is 11.6 Å². The molecule has 1 unspecified atom stereocenters. The number of hydrogen-bond donors (Lipinski definition) is 10. The lowest BCUT2D eigenvalue weighted by atomic mass is 9.90. The zero-order valence-corrected chi connectivity index (χ0v) is 40.0. The van der Waals surface area contributed by atoms with E-state index in [2.05, 4.69) is 47.7 Å². The summed E-state index contributed by atoms with van der Waals surface area (Å²) >= 11 is 0. The fraction of sp³-hybridized carbons (Fsp3) is 0.417. The number of benzene rings is 3. The van der Waals surface area contributed by atoms with Crippen LogP contribution in [0.1, 0.15) is 82.4 Å². The van der Waals surface area contributed by atoms with Gasteiger partial charge in [0.05, 0.1) is 19.1 Å². The highest BCUT2D eigenvalue weighted by atomic mass is 19.1. The lowest BCUT2D eigenvalue weighted by molar-refractivity contribution is -0.129. The number of phenolic OH excluding ortho intramolecular Hbond substituents is 1. The lowest BCUT2D eigenvalue weighted by Gasteiger charge is -2.24. The molecule has 23 heteroatoms. The van der Waals surface area contributed by atoms with Gasteiger partial charge in [-0.25, -0.2) is 18.4 Å². The number of amides is 6. The van der Waals surface area contributed by atoms with Gasteiger partial charge in [0.25, 0.3) is 10.9 Å². The molecule has 21 nitrogen and oxygen atoms in total. The van der Waals surface area contributed by atoms with E-state index in [0.717, 1.165) is 0 Å². The molecule has 0 fully saturated rings. The van der Waals surface area contributed by atoms with Crippen LogP contribution < -0.4 is 64.0 Å². The summed E-state index contributed by atoms with van der Waals surface area (Å²) in [5.74, 6) is -5.09. The third kappa shape index (κ3) is 18.9. The minimum atomic E-state index is -1.25. The molecule has 0 aliphatic rings. The number of hydrogen-bond acceptors (Lipinski definition) is 13. The Morgan fingerprint density at radius 1 is 0.746 bits per heavy atom. The van der Waals surface area contributed by atoms with E-state index in [0.29, 0.717) is 54.8 Å². The number of nitrogens with one attached hydrogen (secondary N) is 8. The summed E-state index contributed by atoms with van der Waals surface area (Å²) < 4.78 is 40.3. The highest BCUT2D eigenvalue weighted by Crippen LogP contribution is 2.29. The summed E-state index contributed by atoms with van der Waals surface area (Å²) in [6, 6.07) is 15.0. The summed E-state index contributed by atoms with van der Waals surface area (Å²) in [6.07, 6.45) is 0.795. The first-order chi connectivity index (χ1) is 33.9. The van der Waals surface area contributed by atoms with Crippen LogP contribution in [0.4, 0.5) is 29.7 Å². The van der Waals surface area contributed by atoms with Crippen molar-refractivity contribution in [3.05, 3.63) is 116 Å². The van der Waals surface area contributed by atoms with E-state index in [-0.39, 0.29) is 75.5 Å². The molecular formula is C48H62F2N10O11. The summed E-state index contributed by atoms with van der Waals surface area (Å²) in [5, 5.41) is 28.5. The summed E-state index contributed by atoms with van der Waals surface area (Å²) in [4.78, 5) is 96.5. The third-order valence-corrected chi connectivity index (χ3v) is 10.1. The highest BCUT2D eigenvalue weighted by Gasteiger charge is 2.29. The summed E-state index contributed by atoms with van der Waals surface area (Å²) in [5.41, 5.74) is 6.83. The van der Waals surface area contributed by atoms with E-state index in [9.17, 15) is 47.4 Å². The van der Waals surface area contributed by atoms with Gasteiger partial charge < -0.3 is 57.5 Å². The standard InChI is InChI=1S/C48H62F2N10O11/c1-5-37(62)52-20-21-56-46(67)59-45(51)55-19-12-17-36(43(65)57-28-33-34(49)26-31(61)27-35(33)50)58-44(66)38(29-13-7-6-8-14-29)30-15-11-16-32(25-30)69-23-10-9-18-53-39-40(42(64)41(39)63)54-22-24-70-60-47(68)71-48(2,3)4/h6-8,11,13-16,25-27,36,38,53-54,61H,5,9-10,12,17-24,28H2,1-4H3,(H,52,62)(H,57,65)(H,58,66)(H,60,68)(H4,51,55,56,59,67)/t36-,38?/m1/s1. The number of halogens is 2. The molecule has 0 saturated heterocycles. The van der Waals surface area contributed by atoms with Gasteiger partial charge in [0.1, 0.15) is 46.2 Å². The molecule has 0 aromatic heterocycles. The van der Waals surface area contributed by atoms with Crippen molar-refractivity contribution < 1.29 is 52.2 Å². The number of nitrogens with two attached hydrogens (primary N) is 1. The van der Waals surface area contributed by atoms with Crippen LogP contribution in [-0.4, -0.2) is 98.5 Å². The first kappa shape index (κ1) is 55.8. The topological polar surface area (TPSA) is 302 Å². The molecule has 4 aromatic rings. The van der Waals surface area contributed by atoms with Crippen LogP contribution in [0.2, 0.25) is 0 Å². The molecule has 0 spiro atoms. The molecule has 6 amide bonds. The van der Waals surface area contributed by atoms with Gasteiger partial charge in [-0.3, -0.25) is 28.8 Å². The Labute approximate surface area is 408 Å². The van der Waals surface area contributed by atoms with E-state index < -0.39 is 81.8 Å². The highest BCUT2D eigenvalue weighted by molar-refractivity contribution is 5.93. The molecule has 384 valence electrons. The maximum absolute atomic E-state index is 14.6. The molecule has 0 aliphatic carbocycles. The molecule has 11 N–H and O–H groups in total. The van der Waals surface area contributed by atoms with E-state index in [1.54, 1.807) is 82.3 Å². The molecule has 4 rings (SSSR count). The van der Waals surface area contributed by atoms with Crippen LogP contribution in [0.5, 0.6) is 11.5 Å². The van der Waals surface area contributed by atoms with Crippen molar-refractivity contribution in [1.29, 1.82) is 0 Å². The number of aromatic hydroxyl groups is 1. The molecule has 0 aliphatic heterocycles. The second-order valence-electron chi connectivity index (χ2n) is 16.9. The van der Waals surface area contributed by atoms with Crippen molar-refractivity contribution in [2.75, 3.05) is 56.6 Å². The Morgan fingerprint density at radius 3 is 2.08 bits per heavy atom. The molecule has 71 heavy (non-hydrogen) atoms. The fourth-order valence-electron chi connectivity index (χ4n) is 6.71. The summed E-state index contributed by atoms with van der Waals surface area (Å²) in [7, 11) is 0. The van der Waals surface area contributed by atoms with Crippen molar-refractivity contribution in [1.82, 2.24) is 32.1 Å². The third-order valence-electron chi connectivity index (χ3n) is 10.1. The van der Waals surface area contributed by atoms with Crippen molar-refractivity contribution >= 4 is 47.2 Å². The fourth-order valence-corrected chi connectivity index (χ4v) is 6.71. The van der Waals surface area contributed by atoms with Gasteiger partial charge in [-0.2, -0.15) is 10.5 Å². The van der Waals surface area contributed by atoms with Gasteiger partial charge in [0.15, 0.2) is 5.96 Å². The Bertz CT molecular complexity index is 2510. The van der Waals surface area contributed by atoms with Crippen LogP contribution in [-0.2, 0) is 30.5 Å². The van der Waals surface area contributed by atoms with Crippen LogP contribution in [0.25, 0.3) is 0 Å². The number of carbonyl (C=O) groups is 5. The summed E-state index contributed by atoms with van der Waals surface area (Å²) in [6.45, 7) is 7.32. The largest absolute Gasteiger partial charge is 0.508 e. The maximum atomic E-state index is 14.6. The Hall–Kier alpha value is -7.82. The molecule has 0 heterocycles. The first-order valence-corrected chi connectivity index (χ1v) is 22.9. The zero-order valence-electron chi connectivity index (χ0n) is 40.0. The Morgan fingerprint density at radius 2 is 1.41 bits per heavy atom. The number of guanidine groups is 1. The van der Waals surface area contributed by atoms with Gasteiger partial charge in [0.2, 0.25) is 17.7 Å². The molecule has 4 aromatic carbocycles. The molecule has 0 saturated carbocycles. The van der Waals surface area contributed by atoms with Crippen molar-refractivity contribution in [3.8, 4) is 11.5 Å². The van der Waals surface area contributed by atoms with Crippen molar-refractivity contribution in [2.45, 2.75) is 83.9 Å². The van der Waals surface area contributed by atoms with E-state index in [1.807, 2.05) is 0 Å². The monoisotopic (exact) mass is 992 g/mol. The van der Waals surface area contributed by atoms with Crippen LogP contribution >= 0.6 is 0 Å². The number of carbonyl (C=O) groups excluding carboxylic acids is 5. The normalized spacial score (nSPS) is 12.2. The Balaban J connectivity index is 1.36. The minimum Gasteiger partial charge on any atom is -0.508 e. The number of phenols is 1. The second-order valence-corrected chi connectivity index (χ2v) is 16.9. The van der Waals surface area contributed by atoms with Gasteiger partial charge in [-0.1, -0.05) is 49.4 Å². The quantitative estimate of drug-likeness (QED) is 0.0135. The van der Waals surface area contributed by atoms with Crippen molar-refractivity contribution in [3.63, 3.8) is 0 Å². The molecular weight excluding hydrogens is 931 g/mol. The van der Waals surface area contributed by atoms with Crippen molar-refractivity contribution in [2.24, 2.45) is 10.7 Å². The van der Waals surface area contributed by atoms with Crippen LogP contribution in [0.3, 0.4) is 0 Å². The predicted molar refractivity (Wildman–Crippen MR) is 260 cm³/mol. The average Bonchev–Trinajstić information content (AvgIpc) is 3.31. The number of unbranched alkanes of at least 4 members (excludes halogenated alkanes) is 1. The van der Waals surface area contributed by atoms with Gasteiger partial charge >= 0.3 is 12.1 Å². The SMILES string of the molecule is CCC(=O)NCCNC(=O)/N=C(/N)NCCC[C@@H](NC(=O)C(c1ccccc1)c1cccc(OCCCCNc2c(NCCONC(=O)OC(C)(C)C)c(=O)c2=O)c1)C(=O)NCc1c(F)cc(O)cc1F. The van der Waals surface area contributed by atoms with Crippen LogP contribution in [0.15, 0.2) is 81.3 Å². The second kappa shape index (κ2) is 28.0. The number of rotatable bonds is 27. The maximum Gasteiger partial charge on any atom is 0.431 e. The van der Waals surface area contributed by atoms with Gasteiger partial charge in [0, 0.05) is 63.4 Å². The lowest BCUT2D eigenvalue weighted by Crippen LogP contribution is -2.48. The zero-order chi connectivity index (χ0) is 51.9. The molecule has 2 atom stereocenters. The predicted octanol–water partition coefficient (Wildman–Crippen LogP) is 3.26. The first-order valence-electron chi connectivity index (χ1n) is 22.9. The van der Waals surface area contributed by atoms with Gasteiger partial charge in [-0.15, -0.1) is 0 Å². The average molecular weight is 993 g/mol. The number of urea groups is 1. The minimum absolute atomic E-state index is 0.00906. The smallest absolute Gasteiger partial charge is 0.431 e. The molecule has 0 bridgehead atoms. The number of aliphatic imine (C=N–C) groups is 1. The number of anilines is 2. The Kier molecular flexibility index (Phi) is 22.0. The van der Waals surface area contributed by atoms with Gasteiger partial charge in [-0.05, 0) is 69.7 Å². The number of hydroxylamine groups is 1. The van der Waals surface area contributed by atoms with E-state index in [4.69, 9.17) is 20.0 Å². The van der Waals surface area contributed by atoms with E-state index in [1.165, 1.54) is 0 Å². The number of ether oxygens (including phenoxy) is 2. The van der Waals surface area contributed by atoms with E-state index >= 15 is 0 Å².